The number of hydrogen-bond acceptors (Lipinski definition) is 2. The average molecular weight is 290 g/mol. The molecule has 0 aromatic heterocycles. The summed E-state index contributed by atoms with van der Waals surface area (Å²) >= 11 is 0. The summed E-state index contributed by atoms with van der Waals surface area (Å²) in [5, 5.41) is 2.82. The topological polar surface area (TPSA) is 132 Å². The molecule has 0 heterocycles. The van der Waals surface area contributed by atoms with E-state index < -0.39 is 0 Å². The Morgan fingerprint density at radius 1 is 1.29 bits per heavy atom. The zero-order valence-corrected chi connectivity index (χ0v) is 12.6. The predicted molar refractivity (Wildman–Crippen MR) is 86.4 cm³/mol. The summed E-state index contributed by atoms with van der Waals surface area (Å²) in [5.74, 6) is 0.0606. The van der Waals surface area contributed by atoms with E-state index in [2.05, 4.69) is 15.3 Å². The normalized spacial score (nSPS) is 11.3. The summed E-state index contributed by atoms with van der Waals surface area (Å²) in [7, 11) is 0. The second-order valence-electron chi connectivity index (χ2n) is 5.15. The van der Waals surface area contributed by atoms with Gasteiger partial charge in [0.1, 0.15) is 0 Å². The summed E-state index contributed by atoms with van der Waals surface area (Å²) < 4.78 is 0. The molecule has 114 valence electrons. The zero-order chi connectivity index (χ0) is 16.0. The molecule has 0 atom stereocenters. The molecule has 0 saturated heterocycles. The van der Waals surface area contributed by atoms with Gasteiger partial charge in [0, 0.05) is 12.1 Å². The molecule has 1 amide bonds. The van der Waals surface area contributed by atoms with E-state index in [1.807, 2.05) is 32.9 Å². The largest absolute Gasteiger partial charge is 0.370 e. The number of aryl methyl sites for hydroxylation is 1. The van der Waals surface area contributed by atoms with Crippen LogP contribution in [0.5, 0.6) is 0 Å². The third-order valence-corrected chi connectivity index (χ3v) is 2.57. The first-order valence-electron chi connectivity index (χ1n) is 6.62. The number of nitrogens with two attached hydrogens (primary N) is 3. The fourth-order valence-corrected chi connectivity index (χ4v) is 1.67. The highest BCUT2D eigenvalue weighted by molar-refractivity contribution is 5.94. The van der Waals surface area contributed by atoms with E-state index in [1.54, 1.807) is 6.07 Å². The van der Waals surface area contributed by atoms with Crippen molar-refractivity contribution < 1.29 is 4.79 Å². The standard InChI is InChI=1S/C14H22N6O/c1-8(2)6-12(21)18-10-5-4-9(3)11(7-10)19-14(17)20-13(15)16/h4-5,7-8H,6H2,1-3H3,(H,18,21)(H6,15,16,17,19,20). The van der Waals surface area contributed by atoms with Crippen molar-refractivity contribution in [2.75, 3.05) is 5.32 Å². The van der Waals surface area contributed by atoms with Crippen molar-refractivity contribution in [3.63, 3.8) is 0 Å². The fraction of sp³-hybridized carbons (Fsp3) is 0.357. The van der Waals surface area contributed by atoms with Gasteiger partial charge >= 0.3 is 0 Å². The molecule has 0 aliphatic rings. The number of amides is 1. The molecule has 0 unspecified atom stereocenters. The number of benzene rings is 1. The van der Waals surface area contributed by atoms with Crippen molar-refractivity contribution in [3.05, 3.63) is 23.8 Å². The Morgan fingerprint density at radius 3 is 2.52 bits per heavy atom. The molecule has 1 aromatic rings. The Kier molecular flexibility index (Phi) is 5.71. The number of rotatable bonds is 4. The molecule has 0 saturated carbocycles. The number of carbonyl (C=O) groups is 1. The van der Waals surface area contributed by atoms with Gasteiger partial charge < -0.3 is 22.5 Å². The summed E-state index contributed by atoms with van der Waals surface area (Å²) in [6.07, 6.45) is 0.461. The summed E-state index contributed by atoms with van der Waals surface area (Å²) in [5.41, 5.74) is 18.2. The van der Waals surface area contributed by atoms with Crippen LogP contribution in [0.15, 0.2) is 28.2 Å². The third-order valence-electron chi connectivity index (χ3n) is 2.57. The number of anilines is 1. The number of hydrogen-bond donors (Lipinski definition) is 4. The quantitative estimate of drug-likeness (QED) is 0.490. The lowest BCUT2D eigenvalue weighted by Crippen LogP contribution is -2.26. The Hall–Kier alpha value is -2.57. The van der Waals surface area contributed by atoms with Crippen LogP contribution in [0.2, 0.25) is 0 Å². The van der Waals surface area contributed by atoms with E-state index in [4.69, 9.17) is 17.2 Å². The van der Waals surface area contributed by atoms with Crippen LogP contribution in [0, 0.1) is 12.8 Å². The lowest BCUT2D eigenvalue weighted by Gasteiger charge is -2.09. The van der Waals surface area contributed by atoms with Crippen molar-refractivity contribution >= 4 is 29.2 Å². The first-order valence-corrected chi connectivity index (χ1v) is 6.62. The molecular formula is C14H22N6O. The van der Waals surface area contributed by atoms with Crippen LogP contribution in [0.1, 0.15) is 25.8 Å². The van der Waals surface area contributed by atoms with Crippen LogP contribution in [0.4, 0.5) is 11.4 Å². The van der Waals surface area contributed by atoms with Gasteiger partial charge in [0.2, 0.25) is 11.9 Å². The maximum absolute atomic E-state index is 11.8. The van der Waals surface area contributed by atoms with E-state index >= 15 is 0 Å². The van der Waals surface area contributed by atoms with E-state index in [9.17, 15) is 4.79 Å². The summed E-state index contributed by atoms with van der Waals surface area (Å²) in [6.45, 7) is 5.85. The predicted octanol–water partition coefficient (Wildman–Crippen LogP) is 1.20. The van der Waals surface area contributed by atoms with Crippen LogP contribution < -0.4 is 22.5 Å². The molecule has 21 heavy (non-hydrogen) atoms. The minimum absolute atomic E-state index is 0.0382. The Labute approximate surface area is 124 Å². The third kappa shape index (κ3) is 5.94. The van der Waals surface area contributed by atoms with Crippen LogP contribution in [0.3, 0.4) is 0 Å². The molecule has 0 aliphatic heterocycles. The van der Waals surface area contributed by atoms with Gasteiger partial charge in [-0.05, 0) is 30.5 Å². The van der Waals surface area contributed by atoms with Crippen LogP contribution in [-0.4, -0.2) is 17.8 Å². The van der Waals surface area contributed by atoms with Crippen molar-refractivity contribution in [1.82, 2.24) is 0 Å². The molecule has 7 nitrogen and oxygen atoms in total. The molecule has 1 aromatic carbocycles. The van der Waals surface area contributed by atoms with Crippen molar-refractivity contribution in [1.29, 1.82) is 0 Å². The van der Waals surface area contributed by atoms with Gasteiger partial charge in [0.15, 0.2) is 5.96 Å². The molecule has 0 aliphatic carbocycles. The van der Waals surface area contributed by atoms with Crippen LogP contribution >= 0.6 is 0 Å². The number of carbonyl (C=O) groups excluding carboxylic acids is 1. The van der Waals surface area contributed by atoms with E-state index in [0.29, 0.717) is 23.7 Å². The SMILES string of the molecule is Cc1ccc(NC(=O)CC(C)C)cc1N=C(N)N=C(N)N. The van der Waals surface area contributed by atoms with Crippen molar-refractivity contribution in [2.45, 2.75) is 27.2 Å². The smallest absolute Gasteiger partial charge is 0.224 e. The first kappa shape index (κ1) is 16.5. The summed E-state index contributed by atoms with van der Waals surface area (Å²) in [6, 6.07) is 5.37. The van der Waals surface area contributed by atoms with Gasteiger partial charge in [-0.1, -0.05) is 19.9 Å². The zero-order valence-electron chi connectivity index (χ0n) is 12.6. The van der Waals surface area contributed by atoms with Gasteiger partial charge in [-0.3, -0.25) is 4.79 Å². The van der Waals surface area contributed by atoms with Gasteiger partial charge in [-0.2, -0.15) is 4.99 Å². The molecule has 0 spiro atoms. The highest BCUT2D eigenvalue weighted by Crippen LogP contribution is 2.23. The van der Waals surface area contributed by atoms with Crippen molar-refractivity contribution in [2.24, 2.45) is 33.1 Å². The minimum atomic E-state index is -0.157. The highest BCUT2D eigenvalue weighted by Gasteiger charge is 2.07. The van der Waals surface area contributed by atoms with Crippen molar-refractivity contribution in [3.8, 4) is 0 Å². The van der Waals surface area contributed by atoms with Gasteiger partial charge in [0.25, 0.3) is 0 Å². The Morgan fingerprint density at radius 2 is 1.95 bits per heavy atom. The molecule has 7 N–H and O–H groups in total. The van der Waals surface area contributed by atoms with Crippen LogP contribution in [0.25, 0.3) is 0 Å². The van der Waals surface area contributed by atoms with Gasteiger partial charge in [-0.15, -0.1) is 0 Å². The number of nitrogens with zero attached hydrogens (tertiary/aromatic N) is 2. The second-order valence-corrected chi connectivity index (χ2v) is 5.15. The number of guanidine groups is 2. The maximum Gasteiger partial charge on any atom is 0.224 e. The Balaban J connectivity index is 2.95. The first-order chi connectivity index (χ1) is 9.77. The molecule has 0 fully saturated rings. The van der Waals surface area contributed by atoms with E-state index in [-0.39, 0.29) is 17.8 Å². The molecular weight excluding hydrogens is 268 g/mol. The minimum Gasteiger partial charge on any atom is -0.370 e. The van der Waals surface area contributed by atoms with Gasteiger partial charge in [0.05, 0.1) is 5.69 Å². The lowest BCUT2D eigenvalue weighted by molar-refractivity contribution is -0.116. The van der Waals surface area contributed by atoms with Crippen LogP contribution in [-0.2, 0) is 4.79 Å². The summed E-state index contributed by atoms with van der Waals surface area (Å²) in [4.78, 5) is 19.5. The Bertz CT molecular complexity index is 573. The number of nitrogens with one attached hydrogen (secondary N) is 1. The maximum atomic E-state index is 11.8. The lowest BCUT2D eigenvalue weighted by atomic mass is 10.1. The fourth-order valence-electron chi connectivity index (χ4n) is 1.67. The van der Waals surface area contributed by atoms with E-state index in [1.165, 1.54) is 0 Å². The molecule has 1 rings (SSSR count). The molecule has 0 bridgehead atoms. The molecule has 7 heteroatoms. The second kappa shape index (κ2) is 7.28. The monoisotopic (exact) mass is 290 g/mol. The highest BCUT2D eigenvalue weighted by atomic mass is 16.1. The number of aliphatic imine (C=N–C) groups is 2. The van der Waals surface area contributed by atoms with E-state index in [0.717, 1.165) is 5.56 Å². The average Bonchev–Trinajstić information content (AvgIpc) is 2.31. The molecule has 0 radical (unpaired) electrons. The van der Waals surface area contributed by atoms with Gasteiger partial charge in [-0.25, -0.2) is 4.99 Å².